The number of aromatic nitrogens is 1. The molecule has 0 bridgehead atoms. The van der Waals surface area contributed by atoms with E-state index in [1.54, 1.807) is 36.5 Å². The van der Waals surface area contributed by atoms with Gasteiger partial charge in [0.05, 0.1) is 16.8 Å². The van der Waals surface area contributed by atoms with E-state index >= 15 is 0 Å². The van der Waals surface area contributed by atoms with Gasteiger partial charge in [0.1, 0.15) is 5.82 Å². The van der Waals surface area contributed by atoms with Gasteiger partial charge >= 0.3 is 0 Å². The van der Waals surface area contributed by atoms with Gasteiger partial charge in [0, 0.05) is 32.4 Å². The summed E-state index contributed by atoms with van der Waals surface area (Å²) in [5.74, 6) is 0.257. The summed E-state index contributed by atoms with van der Waals surface area (Å²) in [7, 11) is 0. The fourth-order valence-corrected chi connectivity index (χ4v) is 2.68. The highest BCUT2D eigenvalue weighted by Crippen LogP contribution is 2.17. The highest BCUT2D eigenvalue weighted by atomic mass is 16.2. The molecule has 1 heterocycles. The van der Waals surface area contributed by atoms with Crippen LogP contribution in [0, 0.1) is 0 Å². The molecular formula is C20H27N5O2. The number of benzene rings is 1. The van der Waals surface area contributed by atoms with Crippen LogP contribution in [0.15, 0.2) is 42.6 Å². The molecule has 0 spiro atoms. The van der Waals surface area contributed by atoms with Crippen molar-refractivity contribution in [3.63, 3.8) is 0 Å². The summed E-state index contributed by atoms with van der Waals surface area (Å²) in [6, 6.07) is 10.4. The quantitative estimate of drug-likeness (QED) is 0.629. The highest BCUT2D eigenvalue weighted by molar-refractivity contribution is 6.08. The van der Waals surface area contributed by atoms with Crippen LogP contribution in [-0.4, -0.2) is 43.0 Å². The Bertz CT molecular complexity index is 761. The number of rotatable bonds is 9. The number of nitrogens with two attached hydrogens (primary N) is 1. The first-order valence-electron chi connectivity index (χ1n) is 9.20. The summed E-state index contributed by atoms with van der Waals surface area (Å²) < 4.78 is 0. The molecule has 7 heteroatoms. The monoisotopic (exact) mass is 369 g/mol. The van der Waals surface area contributed by atoms with Gasteiger partial charge in [-0.1, -0.05) is 19.1 Å². The molecule has 2 amide bonds. The molecule has 2 rings (SSSR count). The third-order valence-electron chi connectivity index (χ3n) is 4.06. The number of pyridine rings is 1. The third kappa shape index (κ3) is 5.52. The summed E-state index contributed by atoms with van der Waals surface area (Å²) >= 11 is 0. The zero-order chi connectivity index (χ0) is 19.6. The first kappa shape index (κ1) is 20.4. The summed E-state index contributed by atoms with van der Waals surface area (Å²) in [5, 5.41) is 5.49. The maximum atomic E-state index is 12.6. The van der Waals surface area contributed by atoms with Crippen LogP contribution in [0.5, 0.6) is 0 Å². The maximum absolute atomic E-state index is 12.6. The number of hydrogen-bond acceptors (Lipinski definition) is 5. The van der Waals surface area contributed by atoms with Crippen molar-refractivity contribution in [3.05, 3.63) is 53.7 Å². The summed E-state index contributed by atoms with van der Waals surface area (Å²) in [5.41, 5.74) is 6.69. The number of carbonyl (C=O) groups is 2. The number of para-hydroxylation sites is 1. The van der Waals surface area contributed by atoms with Crippen LogP contribution in [0.2, 0.25) is 0 Å². The van der Waals surface area contributed by atoms with Crippen LogP contribution in [-0.2, 0) is 0 Å². The molecule has 0 saturated carbocycles. The zero-order valence-corrected chi connectivity index (χ0v) is 15.9. The van der Waals surface area contributed by atoms with Gasteiger partial charge in [-0.3, -0.25) is 9.59 Å². The van der Waals surface area contributed by atoms with E-state index in [0.29, 0.717) is 29.9 Å². The number of nitrogens with one attached hydrogen (secondary N) is 2. The molecule has 0 fully saturated rings. The van der Waals surface area contributed by atoms with Crippen molar-refractivity contribution in [1.82, 2.24) is 10.3 Å². The van der Waals surface area contributed by atoms with E-state index in [2.05, 4.69) is 34.4 Å². The predicted molar refractivity (Wildman–Crippen MR) is 108 cm³/mol. The van der Waals surface area contributed by atoms with Crippen molar-refractivity contribution in [1.29, 1.82) is 0 Å². The highest BCUT2D eigenvalue weighted by Gasteiger charge is 2.14. The van der Waals surface area contributed by atoms with Crippen LogP contribution >= 0.6 is 0 Å². The van der Waals surface area contributed by atoms with Crippen molar-refractivity contribution in [2.75, 3.05) is 36.4 Å². The second-order valence-electron chi connectivity index (χ2n) is 6.03. The molecule has 27 heavy (non-hydrogen) atoms. The van der Waals surface area contributed by atoms with Crippen molar-refractivity contribution in [2.24, 2.45) is 5.73 Å². The lowest BCUT2D eigenvalue weighted by Crippen LogP contribution is -2.30. The van der Waals surface area contributed by atoms with Crippen LogP contribution in [0.3, 0.4) is 0 Å². The molecule has 1 aromatic heterocycles. The lowest BCUT2D eigenvalue weighted by Gasteiger charge is -2.21. The van der Waals surface area contributed by atoms with Gasteiger partial charge in [0.15, 0.2) is 0 Å². The van der Waals surface area contributed by atoms with Crippen LogP contribution < -0.4 is 21.3 Å². The van der Waals surface area contributed by atoms with E-state index in [9.17, 15) is 9.59 Å². The largest absolute Gasteiger partial charge is 0.357 e. The van der Waals surface area contributed by atoms with Crippen molar-refractivity contribution < 1.29 is 9.59 Å². The van der Waals surface area contributed by atoms with E-state index in [1.807, 2.05) is 6.07 Å². The molecule has 0 aliphatic rings. The second kappa shape index (κ2) is 10.3. The van der Waals surface area contributed by atoms with Gasteiger partial charge in [-0.25, -0.2) is 4.98 Å². The summed E-state index contributed by atoms with van der Waals surface area (Å²) in [6.07, 6.45) is 2.58. The molecule has 7 nitrogen and oxygen atoms in total. The van der Waals surface area contributed by atoms with Crippen molar-refractivity contribution in [2.45, 2.75) is 20.3 Å². The minimum absolute atomic E-state index is 0.275. The molecule has 0 unspecified atom stereocenters. The predicted octanol–water partition coefficient (Wildman–Crippen LogP) is 2.26. The third-order valence-corrected chi connectivity index (χ3v) is 4.06. The molecule has 0 aliphatic heterocycles. The van der Waals surface area contributed by atoms with Crippen molar-refractivity contribution >= 4 is 23.3 Å². The SMILES string of the molecule is CCCN(CC)c1ccc(C(=O)Nc2ccccc2C(=O)NCCN)cn1. The Kier molecular flexibility index (Phi) is 7.76. The lowest BCUT2D eigenvalue weighted by atomic mass is 10.1. The summed E-state index contributed by atoms with van der Waals surface area (Å²) in [4.78, 5) is 31.3. The smallest absolute Gasteiger partial charge is 0.257 e. The van der Waals surface area contributed by atoms with Crippen LogP contribution in [0.1, 0.15) is 41.0 Å². The normalized spacial score (nSPS) is 10.3. The van der Waals surface area contributed by atoms with E-state index in [1.165, 1.54) is 0 Å². The Balaban J connectivity index is 2.12. The average molecular weight is 369 g/mol. The van der Waals surface area contributed by atoms with E-state index in [4.69, 9.17) is 5.73 Å². The van der Waals surface area contributed by atoms with Gasteiger partial charge in [0.25, 0.3) is 11.8 Å². The number of nitrogens with zero attached hydrogens (tertiary/aromatic N) is 2. The van der Waals surface area contributed by atoms with Crippen LogP contribution in [0.25, 0.3) is 0 Å². The first-order chi connectivity index (χ1) is 13.1. The standard InChI is InChI=1S/C20H27N5O2/c1-3-13-25(4-2)18-10-9-15(14-23-18)19(26)24-17-8-6-5-7-16(17)20(27)22-12-11-21/h5-10,14H,3-4,11-13,21H2,1-2H3,(H,22,27)(H,24,26). The van der Waals surface area contributed by atoms with Gasteiger partial charge in [0.2, 0.25) is 0 Å². The Morgan fingerprint density at radius 2 is 1.89 bits per heavy atom. The fraction of sp³-hybridized carbons (Fsp3) is 0.350. The number of anilines is 2. The molecule has 4 N–H and O–H groups in total. The maximum Gasteiger partial charge on any atom is 0.257 e. The molecule has 0 atom stereocenters. The van der Waals surface area contributed by atoms with Gasteiger partial charge < -0.3 is 21.3 Å². The molecule has 0 aliphatic carbocycles. The molecular weight excluding hydrogens is 342 g/mol. The van der Waals surface area contributed by atoms with Gasteiger partial charge in [-0.15, -0.1) is 0 Å². The fourth-order valence-electron chi connectivity index (χ4n) is 2.68. The Labute approximate surface area is 160 Å². The van der Waals surface area contributed by atoms with E-state index in [0.717, 1.165) is 25.3 Å². The van der Waals surface area contributed by atoms with Crippen LogP contribution in [0.4, 0.5) is 11.5 Å². The van der Waals surface area contributed by atoms with Crippen molar-refractivity contribution in [3.8, 4) is 0 Å². The molecule has 144 valence electrons. The Morgan fingerprint density at radius 1 is 1.11 bits per heavy atom. The van der Waals surface area contributed by atoms with E-state index in [-0.39, 0.29) is 11.8 Å². The molecule has 0 radical (unpaired) electrons. The number of carbonyl (C=O) groups excluding carboxylic acids is 2. The minimum atomic E-state index is -0.313. The average Bonchev–Trinajstić information content (AvgIpc) is 2.70. The molecule has 2 aromatic rings. The van der Waals surface area contributed by atoms with E-state index < -0.39 is 0 Å². The second-order valence-corrected chi connectivity index (χ2v) is 6.03. The lowest BCUT2D eigenvalue weighted by molar-refractivity contribution is 0.0955. The zero-order valence-electron chi connectivity index (χ0n) is 15.9. The topological polar surface area (TPSA) is 100 Å². The number of hydrogen-bond donors (Lipinski definition) is 3. The molecule has 1 aromatic carbocycles. The summed E-state index contributed by atoms with van der Waals surface area (Å²) in [6.45, 7) is 6.69. The number of amides is 2. The first-order valence-corrected chi connectivity index (χ1v) is 9.20. The Morgan fingerprint density at radius 3 is 2.52 bits per heavy atom. The minimum Gasteiger partial charge on any atom is -0.357 e. The Hall–Kier alpha value is -2.93. The molecule has 0 saturated heterocycles. The van der Waals surface area contributed by atoms with Gasteiger partial charge in [-0.2, -0.15) is 0 Å². The van der Waals surface area contributed by atoms with Gasteiger partial charge in [-0.05, 0) is 37.6 Å².